The number of benzene rings is 1. The number of methoxy groups -OCH3 is 1. The average molecular weight is 299 g/mol. The summed E-state index contributed by atoms with van der Waals surface area (Å²) in [7, 11) is 1.60. The fraction of sp³-hybridized carbons (Fsp3) is 0.500. The number of aryl methyl sites for hydroxylation is 1. The number of halogens is 1. The molecule has 0 amide bonds. The molecule has 1 unspecified atom stereocenters. The van der Waals surface area contributed by atoms with E-state index in [1.54, 1.807) is 7.11 Å². The van der Waals surface area contributed by atoms with E-state index in [1.165, 1.54) is 0 Å². The van der Waals surface area contributed by atoms with Gasteiger partial charge in [-0.25, -0.2) is 0 Å². The Morgan fingerprint density at radius 3 is 2.65 bits per heavy atom. The quantitative estimate of drug-likeness (QED) is 0.754. The van der Waals surface area contributed by atoms with Crippen molar-refractivity contribution in [1.82, 2.24) is 0 Å². The van der Waals surface area contributed by atoms with Crippen molar-refractivity contribution in [3.63, 3.8) is 0 Å². The monoisotopic (exact) mass is 298 g/mol. The Kier molecular flexibility index (Phi) is 5.19. The predicted molar refractivity (Wildman–Crippen MR) is 73.8 cm³/mol. The van der Waals surface area contributed by atoms with Gasteiger partial charge in [0.2, 0.25) is 0 Å². The van der Waals surface area contributed by atoms with Crippen LogP contribution in [0, 0.1) is 12.8 Å². The zero-order chi connectivity index (χ0) is 13.0. The summed E-state index contributed by atoms with van der Waals surface area (Å²) < 4.78 is 6.23. The van der Waals surface area contributed by atoms with Crippen molar-refractivity contribution < 1.29 is 9.53 Å². The number of rotatable bonds is 5. The first-order chi connectivity index (χ1) is 7.99. The first kappa shape index (κ1) is 14.2. The maximum atomic E-state index is 12.2. The maximum Gasteiger partial charge on any atom is 0.166 e. The average Bonchev–Trinajstić information content (AvgIpc) is 2.31. The van der Waals surface area contributed by atoms with Gasteiger partial charge in [0.25, 0.3) is 0 Å². The van der Waals surface area contributed by atoms with E-state index in [2.05, 4.69) is 29.8 Å². The molecule has 0 aromatic heterocycles. The molecule has 0 saturated carbocycles. The fourth-order valence-electron chi connectivity index (χ4n) is 1.61. The van der Waals surface area contributed by atoms with Gasteiger partial charge in [0.05, 0.1) is 12.7 Å². The largest absolute Gasteiger partial charge is 0.496 e. The van der Waals surface area contributed by atoms with Gasteiger partial charge in [-0.15, -0.1) is 0 Å². The minimum atomic E-state index is 0.150. The summed E-state index contributed by atoms with van der Waals surface area (Å²) in [6.45, 7) is 6.17. The van der Waals surface area contributed by atoms with Crippen molar-refractivity contribution in [2.24, 2.45) is 5.92 Å². The van der Waals surface area contributed by atoms with Gasteiger partial charge in [0.1, 0.15) is 5.75 Å². The molecule has 0 N–H and O–H groups in total. The molecule has 94 valence electrons. The van der Waals surface area contributed by atoms with Crippen LogP contribution in [0.25, 0.3) is 0 Å². The third-order valence-electron chi connectivity index (χ3n) is 3.01. The van der Waals surface area contributed by atoms with Crippen LogP contribution in [0.4, 0.5) is 0 Å². The zero-order valence-electron chi connectivity index (χ0n) is 10.8. The Labute approximate surface area is 111 Å². The van der Waals surface area contributed by atoms with Gasteiger partial charge in [-0.05, 0) is 30.5 Å². The van der Waals surface area contributed by atoms with Crippen molar-refractivity contribution in [3.8, 4) is 5.75 Å². The minimum Gasteiger partial charge on any atom is -0.496 e. The van der Waals surface area contributed by atoms with Crippen LogP contribution < -0.4 is 4.74 Å². The fourth-order valence-corrected chi connectivity index (χ4v) is 1.96. The first-order valence-corrected chi connectivity index (χ1v) is 6.66. The lowest BCUT2D eigenvalue weighted by Gasteiger charge is -2.12. The van der Waals surface area contributed by atoms with Crippen molar-refractivity contribution in [2.75, 3.05) is 7.11 Å². The van der Waals surface area contributed by atoms with Crippen LogP contribution in [0.1, 0.15) is 42.6 Å². The van der Waals surface area contributed by atoms with E-state index < -0.39 is 0 Å². The minimum absolute atomic E-state index is 0.150. The maximum absolute atomic E-state index is 12.2. The van der Waals surface area contributed by atoms with E-state index in [4.69, 9.17) is 4.74 Å². The molecular weight excluding hydrogens is 280 g/mol. The van der Waals surface area contributed by atoms with Crippen molar-refractivity contribution in [1.29, 1.82) is 0 Å². The molecule has 1 aromatic rings. The molecule has 17 heavy (non-hydrogen) atoms. The van der Waals surface area contributed by atoms with Gasteiger partial charge in [0.15, 0.2) is 5.78 Å². The summed E-state index contributed by atoms with van der Waals surface area (Å²) in [5, 5.41) is 0. The standard InChI is InChI=1S/C14H19BrO2/c1-5-9(2)6-13(16)11-8-12(15)10(3)7-14(11)17-4/h7-9H,5-6H2,1-4H3. The van der Waals surface area contributed by atoms with Crippen LogP contribution in [0.3, 0.4) is 0 Å². The molecule has 0 radical (unpaired) electrons. The molecular formula is C14H19BrO2. The summed E-state index contributed by atoms with van der Waals surface area (Å²) in [4.78, 5) is 12.2. The number of ketones is 1. The zero-order valence-corrected chi connectivity index (χ0v) is 12.4. The summed E-state index contributed by atoms with van der Waals surface area (Å²) in [6, 6.07) is 3.76. The highest BCUT2D eigenvalue weighted by molar-refractivity contribution is 9.10. The normalized spacial score (nSPS) is 12.3. The lowest BCUT2D eigenvalue weighted by atomic mass is 9.96. The highest BCUT2D eigenvalue weighted by atomic mass is 79.9. The summed E-state index contributed by atoms with van der Waals surface area (Å²) in [5.74, 6) is 1.23. The second-order valence-electron chi connectivity index (χ2n) is 4.44. The summed E-state index contributed by atoms with van der Waals surface area (Å²) >= 11 is 3.45. The van der Waals surface area contributed by atoms with E-state index in [1.807, 2.05) is 19.1 Å². The molecule has 0 bridgehead atoms. The molecule has 1 atom stereocenters. The SMILES string of the molecule is CCC(C)CC(=O)c1cc(Br)c(C)cc1OC. The summed E-state index contributed by atoms with van der Waals surface area (Å²) in [5.41, 5.74) is 1.74. The second-order valence-corrected chi connectivity index (χ2v) is 5.30. The number of carbonyl (C=O) groups excluding carboxylic acids is 1. The van der Waals surface area contributed by atoms with Crippen molar-refractivity contribution in [2.45, 2.75) is 33.6 Å². The Bertz CT molecular complexity index is 413. The first-order valence-electron chi connectivity index (χ1n) is 5.86. The van der Waals surface area contributed by atoms with E-state index in [-0.39, 0.29) is 5.78 Å². The predicted octanol–water partition coefficient (Wildman–Crippen LogP) is 4.39. The molecule has 0 fully saturated rings. The van der Waals surface area contributed by atoms with E-state index >= 15 is 0 Å². The molecule has 0 aliphatic rings. The summed E-state index contributed by atoms with van der Waals surface area (Å²) in [6.07, 6.45) is 1.59. The Balaban J connectivity index is 3.03. The second kappa shape index (κ2) is 6.20. The van der Waals surface area contributed by atoms with Crippen molar-refractivity contribution >= 4 is 21.7 Å². The van der Waals surface area contributed by atoms with Crippen LogP contribution in [0.15, 0.2) is 16.6 Å². The van der Waals surface area contributed by atoms with Crippen LogP contribution in [-0.2, 0) is 0 Å². The van der Waals surface area contributed by atoms with E-state index in [0.717, 1.165) is 16.5 Å². The molecule has 2 nitrogen and oxygen atoms in total. The van der Waals surface area contributed by atoms with Crippen LogP contribution in [0.2, 0.25) is 0 Å². The van der Waals surface area contributed by atoms with Gasteiger partial charge in [-0.3, -0.25) is 4.79 Å². The Morgan fingerprint density at radius 1 is 1.47 bits per heavy atom. The molecule has 0 heterocycles. The molecule has 0 saturated heterocycles. The number of hydrogen-bond acceptors (Lipinski definition) is 2. The molecule has 1 aromatic carbocycles. The Hall–Kier alpha value is -0.830. The van der Waals surface area contributed by atoms with Gasteiger partial charge in [-0.2, -0.15) is 0 Å². The van der Waals surface area contributed by atoms with Crippen LogP contribution >= 0.6 is 15.9 Å². The lowest BCUT2D eigenvalue weighted by Crippen LogP contribution is -2.07. The van der Waals surface area contributed by atoms with Gasteiger partial charge in [-0.1, -0.05) is 36.2 Å². The van der Waals surface area contributed by atoms with Crippen LogP contribution in [-0.4, -0.2) is 12.9 Å². The van der Waals surface area contributed by atoms with Gasteiger partial charge >= 0.3 is 0 Å². The lowest BCUT2D eigenvalue weighted by molar-refractivity contribution is 0.0960. The highest BCUT2D eigenvalue weighted by Gasteiger charge is 2.16. The molecule has 1 rings (SSSR count). The molecule has 0 aliphatic carbocycles. The van der Waals surface area contributed by atoms with Gasteiger partial charge < -0.3 is 4.74 Å². The highest BCUT2D eigenvalue weighted by Crippen LogP contribution is 2.28. The van der Waals surface area contributed by atoms with E-state index in [9.17, 15) is 4.79 Å². The third-order valence-corrected chi connectivity index (χ3v) is 3.87. The number of carbonyl (C=O) groups is 1. The number of hydrogen-bond donors (Lipinski definition) is 0. The topological polar surface area (TPSA) is 26.3 Å². The number of Topliss-reactive ketones (excluding diaryl/α,β-unsaturated/α-hetero) is 1. The molecule has 3 heteroatoms. The smallest absolute Gasteiger partial charge is 0.166 e. The molecule has 0 aliphatic heterocycles. The van der Waals surface area contributed by atoms with E-state index in [0.29, 0.717) is 23.7 Å². The molecule has 0 spiro atoms. The van der Waals surface area contributed by atoms with Crippen molar-refractivity contribution in [3.05, 3.63) is 27.7 Å². The van der Waals surface area contributed by atoms with Gasteiger partial charge in [0, 0.05) is 10.9 Å². The third kappa shape index (κ3) is 3.56. The Morgan fingerprint density at radius 2 is 2.12 bits per heavy atom. The number of ether oxygens (including phenoxy) is 1. The van der Waals surface area contributed by atoms with Crippen LogP contribution in [0.5, 0.6) is 5.75 Å².